The van der Waals surface area contributed by atoms with Gasteiger partial charge in [0.1, 0.15) is 17.9 Å². The standard InChI is InChI=1S/C28H31N5O5/c1-35-25-10-9-22-27(31-25)23(11-12-29-22)32-13-5-8-20(15-32)30-14-21-16-33(28(34)37-21)26-18-36-17-24(38-26)19-6-3-2-4-7-19/h2-3,6,9-12,17-18,20-21,30H,4-5,7-8,13-16H2,1H3/t20-,21-/m1/s1. The smallest absolute Gasteiger partial charge is 0.417 e. The lowest BCUT2D eigenvalue weighted by molar-refractivity contribution is 0.117. The Bertz CT molecular complexity index is 1340. The molecule has 1 amide bonds. The molecule has 5 heterocycles. The first kappa shape index (κ1) is 24.3. The Labute approximate surface area is 221 Å². The molecular formula is C28H31N5O5. The summed E-state index contributed by atoms with van der Waals surface area (Å²) in [5.41, 5.74) is 3.77. The van der Waals surface area contributed by atoms with E-state index in [-0.39, 0.29) is 12.1 Å². The minimum Gasteiger partial charge on any atom is -0.481 e. The third-order valence-corrected chi connectivity index (χ3v) is 7.17. The molecule has 2 atom stereocenters. The third kappa shape index (κ3) is 5.04. The van der Waals surface area contributed by atoms with Crippen LogP contribution in [-0.4, -0.2) is 66.4 Å². The number of cyclic esters (lactones) is 1. The number of nitrogens with zero attached hydrogens (tertiary/aromatic N) is 4. The molecule has 4 aliphatic rings. The molecule has 6 rings (SSSR count). The highest BCUT2D eigenvalue weighted by Crippen LogP contribution is 2.30. The largest absolute Gasteiger partial charge is 0.481 e. The molecule has 10 nitrogen and oxygen atoms in total. The van der Waals surface area contributed by atoms with E-state index < -0.39 is 6.09 Å². The first-order chi connectivity index (χ1) is 18.7. The van der Waals surface area contributed by atoms with Crippen molar-refractivity contribution in [2.75, 3.05) is 38.2 Å². The zero-order valence-corrected chi connectivity index (χ0v) is 21.3. The van der Waals surface area contributed by atoms with Crippen molar-refractivity contribution in [3.63, 3.8) is 0 Å². The Hall–Kier alpha value is -4.05. The quantitative estimate of drug-likeness (QED) is 0.585. The molecule has 2 saturated heterocycles. The van der Waals surface area contributed by atoms with Crippen molar-refractivity contribution in [3.8, 4) is 5.88 Å². The molecule has 2 aromatic heterocycles. The van der Waals surface area contributed by atoms with E-state index in [2.05, 4.69) is 26.3 Å². The number of hydrogen-bond donors (Lipinski definition) is 1. The minimum atomic E-state index is -0.432. The van der Waals surface area contributed by atoms with E-state index in [1.54, 1.807) is 13.4 Å². The Morgan fingerprint density at radius 2 is 2.16 bits per heavy atom. The summed E-state index contributed by atoms with van der Waals surface area (Å²) in [6.45, 7) is 2.71. The van der Waals surface area contributed by atoms with Crippen LogP contribution in [0.4, 0.5) is 10.5 Å². The first-order valence-corrected chi connectivity index (χ1v) is 13.0. The lowest BCUT2D eigenvalue weighted by atomic mass is 10.0. The highest BCUT2D eigenvalue weighted by atomic mass is 16.6. The van der Waals surface area contributed by atoms with Crippen LogP contribution in [0.2, 0.25) is 0 Å². The predicted octanol–water partition coefficient (Wildman–Crippen LogP) is 3.98. The Morgan fingerprint density at radius 1 is 1.21 bits per heavy atom. The van der Waals surface area contributed by atoms with Crippen LogP contribution >= 0.6 is 0 Å². The van der Waals surface area contributed by atoms with Crippen LogP contribution in [0.3, 0.4) is 0 Å². The van der Waals surface area contributed by atoms with Gasteiger partial charge in [-0.15, -0.1) is 0 Å². The summed E-state index contributed by atoms with van der Waals surface area (Å²) in [6.07, 6.45) is 14.1. The fourth-order valence-corrected chi connectivity index (χ4v) is 5.21. The van der Waals surface area contributed by atoms with Crippen molar-refractivity contribution < 1.29 is 23.7 Å². The van der Waals surface area contributed by atoms with Crippen LogP contribution in [0.25, 0.3) is 11.0 Å². The maximum absolute atomic E-state index is 12.7. The maximum atomic E-state index is 12.7. The van der Waals surface area contributed by atoms with Gasteiger partial charge in [-0.1, -0.05) is 18.2 Å². The summed E-state index contributed by atoms with van der Waals surface area (Å²) in [7, 11) is 1.62. The number of aromatic nitrogens is 2. The van der Waals surface area contributed by atoms with Crippen LogP contribution in [0, 0.1) is 0 Å². The second-order valence-corrected chi connectivity index (χ2v) is 9.70. The Morgan fingerprint density at radius 3 is 3.03 bits per heavy atom. The van der Waals surface area contributed by atoms with Gasteiger partial charge in [0.25, 0.3) is 0 Å². The zero-order valence-electron chi connectivity index (χ0n) is 21.3. The van der Waals surface area contributed by atoms with E-state index >= 15 is 0 Å². The third-order valence-electron chi connectivity index (χ3n) is 7.17. The highest BCUT2D eigenvalue weighted by molar-refractivity contribution is 5.88. The molecule has 2 aromatic rings. The number of carbonyl (C=O) groups excluding carboxylic acids is 1. The van der Waals surface area contributed by atoms with E-state index in [9.17, 15) is 4.79 Å². The molecule has 0 saturated carbocycles. The van der Waals surface area contributed by atoms with E-state index in [4.69, 9.17) is 18.9 Å². The molecule has 0 spiro atoms. The monoisotopic (exact) mass is 517 g/mol. The normalized spacial score (nSPS) is 23.3. The van der Waals surface area contributed by atoms with Crippen LogP contribution < -0.4 is 15.0 Å². The van der Waals surface area contributed by atoms with Gasteiger partial charge < -0.3 is 29.2 Å². The van der Waals surface area contributed by atoms with Gasteiger partial charge in [-0.05, 0) is 43.4 Å². The number of pyridine rings is 2. The van der Waals surface area contributed by atoms with Gasteiger partial charge in [-0.25, -0.2) is 14.7 Å². The second-order valence-electron chi connectivity index (χ2n) is 9.70. The van der Waals surface area contributed by atoms with Crippen LogP contribution in [0.15, 0.2) is 72.4 Å². The summed E-state index contributed by atoms with van der Waals surface area (Å²) < 4.78 is 22.5. The molecule has 0 bridgehead atoms. The molecular weight excluding hydrogens is 486 g/mol. The zero-order chi connectivity index (χ0) is 25.9. The fourth-order valence-electron chi connectivity index (χ4n) is 5.21. The molecule has 10 heteroatoms. The summed E-state index contributed by atoms with van der Waals surface area (Å²) in [5, 5.41) is 3.61. The van der Waals surface area contributed by atoms with Crippen LogP contribution in [-0.2, 0) is 14.2 Å². The SMILES string of the molecule is COc1ccc2nccc(N3CCC[C@@H](NC[C@@H]4CN(C5=COC=C(C6=CC=CCC6)O5)C(=O)O4)C3)c2n1. The van der Waals surface area contributed by atoms with Crippen molar-refractivity contribution in [1.29, 1.82) is 0 Å². The molecule has 38 heavy (non-hydrogen) atoms. The van der Waals surface area contributed by atoms with Crippen molar-refractivity contribution >= 4 is 22.8 Å². The van der Waals surface area contributed by atoms with Gasteiger partial charge in [0.2, 0.25) is 11.8 Å². The predicted molar refractivity (Wildman–Crippen MR) is 141 cm³/mol. The van der Waals surface area contributed by atoms with Crippen molar-refractivity contribution in [1.82, 2.24) is 20.2 Å². The Kier molecular flexibility index (Phi) is 6.87. The lowest BCUT2D eigenvalue weighted by Crippen LogP contribution is -2.48. The lowest BCUT2D eigenvalue weighted by Gasteiger charge is -2.35. The average Bonchev–Trinajstić information content (AvgIpc) is 3.36. The van der Waals surface area contributed by atoms with Gasteiger partial charge in [0.05, 0.1) is 24.9 Å². The summed E-state index contributed by atoms with van der Waals surface area (Å²) in [5.74, 6) is 1.55. The van der Waals surface area contributed by atoms with E-state index in [0.717, 1.165) is 61.1 Å². The molecule has 2 fully saturated rings. The van der Waals surface area contributed by atoms with Crippen molar-refractivity contribution in [2.45, 2.75) is 37.8 Å². The average molecular weight is 518 g/mol. The van der Waals surface area contributed by atoms with E-state index in [0.29, 0.717) is 30.6 Å². The first-order valence-electron chi connectivity index (χ1n) is 13.0. The summed E-state index contributed by atoms with van der Waals surface area (Å²) in [6, 6.07) is 6.02. The van der Waals surface area contributed by atoms with Gasteiger partial charge in [0, 0.05) is 37.9 Å². The van der Waals surface area contributed by atoms with Gasteiger partial charge in [0.15, 0.2) is 12.0 Å². The molecule has 3 aliphatic heterocycles. The van der Waals surface area contributed by atoms with Gasteiger partial charge in [-0.3, -0.25) is 4.98 Å². The number of fused-ring (bicyclic) bond motifs is 1. The molecule has 0 radical (unpaired) electrons. The Balaban J connectivity index is 1.06. The molecule has 0 unspecified atom stereocenters. The topological polar surface area (TPSA) is 98.3 Å². The fraction of sp³-hybridized carbons (Fsp3) is 0.393. The number of anilines is 1. The number of methoxy groups -OCH3 is 1. The number of ether oxygens (including phenoxy) is 4. The number of allylic oxidation sites excluding steroid dienone is 4. The van der Waals surface area contributed by atoms with Crippen LogP contribution in [0.5, 0.6) is 5.88 Å². The molecule has 0 aromatic carbocycles. The second kappa shape index (κ2) is 10.7. The van der Waals surface area contributed by atoms with Gasteiger partial charge >= 0.3 is 6.09 Å². The minimum absolute atomic E-state index is 0.250. The highest BCUT2D eigenvalue weighted by Gasteiger charge is 2.37. The number of amides is 1. The number of hydrogen-bond acceptors (Lipinski definition) is 9. The van der Waals surface area contributed by atoms with E-state index in [1.807, 2.05) is 36.5 Å². The molecule has 198 valence electrons. The van der Waals surface area contributed by atoms with Crippen LogP contribution in [0.1, 0.15) is 25.7 Å². The number of piperidine rings is 1. The molecule has 1 N–H and O–H groups in total. The van der Waals surface area contributed by atoms with Crippen molar-refractivity contribution in [2.24, 2.45) is 0 Å². The summed E-state index contributed by atoms with van der Waals surface area (Å²) >= 11 is 0. The maximum Gasteiger partial charge on any atom is 0.417 e. The van der Waals surface area contributed by atoms with Crippen molar-refractivity contribution in [3.05, 3.63) is 72.4 Å². The number of rotatable bonds is 7. The van der Waals surface area contributed by atoms with E-state index in [1.165, 1.54) is 11.2 Å². The number of nitrogens with one attached hydrogen (secondary N) is 1. The number of carbonyl (C=O) groups is 1. The summed E-state index contributed by atoms with van der Waals surface area (Å²) in [4.78, 5) is 25.6. The van der Waals surface area contributed by atoms with Gasteiger partial charge in [-0.2, -0.15) is 0 Å². The molecule has 1 aliphatic carbocycles.